The fraction of sp³-hybridized carbons (Fsp3) is 0. The second kappa shape index (κ2) is 2.60. The van der Waals surface area contributed by atoms with E-state index in [9.17, 15) is 4.79 Å². The normalized spacial score (nSPS) is 9.00. The SMILES string of the molecule is O=C(OP)c1ncc[nH]1. The van der Waals surface area contributed by atoms with E-state index in [0.717, 1.165) is 0 Å². The molecule has 1 N–H and O–H groups in total. The minimum Gasteiger partial charge on any atom is -0.446 e. The van der Waals surface area contributed by atoms with Crippen molar-refractivity contribution >= 4 is 15.4 Å². The van der Waals surface area contributed by atoms with Gasteiger partial charge in [0, 0.05) is 12.4 Å². The fourth-order valence-electron chi connectivity index (χ4n) is 0.433. The molecule has 0 saturated carbocycles. The highest BCUT2D eigenvalue weighted by Crippen LogP contribution is 1.95. The molecular formula is C4H5N2O2P. The molecule has 1 atom stereocenters. The van der Waals surface area contributed by atoms with Crippen LogP contribution in [-0.4, -0.2) is 15.9 Å². The van der Waals surface area contributed by atoms with Crippen LogP contribution in [0.25, 0.3) is 0 Å². The first-order chi connectivity index (χ1) is 4.34. The largest absolute Gasteiger partial charge is 0.446 e. The van der Waals surface area contributed by atoms with E-state index < -0.39 is 5.97 Å². The first kappa shape index (κ1) is 6.23. The number of carbonyl (C=O) groups excluding carboxylic acids is 1. The number of imidazole rings is 1. The first-order valence-corrected chi connectivity index (χ1v) is 2.72. The Bertz CT molecular complexity index is 196. The molecule has 0 aliphatic rings. The second-order valence-corrected chi connectivity index (χ2v) is 1.58. The van der Waals surface area contributed by atoms with Crippen LogP contribution in [0, 0.1) is 0 Å². The lowest BCUT2D eigenvalue weighted by atomic mass is 10.6. The summed E-state index contributed by atoms with van der Waals surface area (Å²) in [5, 5.41) is 0. The third-order valence-corrected chi connectivity index (χ3v) is 1.01. The van der Waals surface area contributed by atoms with Gasteiger partial charge in [-0.3, -0.25) is 0 Å². The molecule has 0 bridgehead atoms. The van der Waals surface area contributed by atoms with Gasteiger partial charge in [-0.05, 0) is 0 Å². The molecule has 0 aromatic carbocycles. The quantitative estimate of drug-likeness (QED) is 0.579. The predicted molar refractivity (Wildman–Crippen MR) is 33.7 cm³/mol. The number of aromatic amines is 1. The lowest BCUT2D eigenvalue weighted by Gasteiger charge is -1.89. The molecule has 48 valence electrons. The van der Waals surface area contributed by atoms with Gasteiger partial charge in [0.05, 0.1) is 9.47 Å². The highest BCUT2D eigenvalue weighted by molar-refractivity contribution is 7.10. The lowest BCUT2D eigenvalue weighted by molar-refractivity contribution is 0.0754. The van der Waals surface area contributed by atoms with E-state index in [-0.39, 0.29) is 5.82 Å². The molecule has 1 unspecified atom stereocenters. The Kier molecular flexibility index (Phi) is 1.80. The summed E-state index contributed by atoms with van der Waals surface area (Å²) in [4.78, 5) is 16.8. The maximum Gasteiger partial charge on any atom is 0.376 e. The number of aromatic nitrogens is 2. The number of nitrogens with one attached hydrogen (secondary N) is 1. The molecule has 0 fully saturated rings. The van der Waals surface area contributed by atoms with Gasteiger partial charge in [-0.25, -0.2) is 9.78 Å². The Labute approximate surface area is 53.9 Å². The molecule has 0 radical (unpaired) electrons. The highest BCUT2D eigenvalue weighted by atomic mass is 31.0. The summed E-state index contributed by atoms with van der Waals surface area (Å²) >= 11 is 0. The van der Waals surface area contributed by atoms with Crippen molar-refractivity contribution in [2.24, 2.45) is 0 Å². The van der Waals surface area contributed by atoms with Crippen LogP contribution in [-0.2, 0) is 4.52 Å². The van der Waals surface area contributed by atoms with Crippen molar-refractivity contribution in [3.05, 3.63) is 18.2 Å². The molecule has 5 heteroatoms. The third-order valence-electron chi connectivity index (χ3n) is 0.799. The number of nitrogens with zero attached hydrogens (tertiary/aromatic N) is 1. The summed E-state index contributed by atoms with van der Waals surface area (Å²) in [7, 11) is 1.85. The average Bonchev–Trinajstić information content (AvgIpc) is 2.37. The van der Waals surface area contributed by atoms with Crippen molar-refractivity contribution in [3.63, 3.8) is 0 Å². The van der Waals surface area contributed by atoms with Gasteiger partial charge in [0.1, 0.15) is 0 Å². The van der Waals surface area contributed by atoms with Crippen molar-refractivity contribution < 1.29 is 9.32 Å². The summed E-state index contributed by atoms with van der Waals surface area (Å²) < 4.78 is 4.28. The predicted octanol–water partition coefficient (Wildman–Crippen LogP) is 0.357. The smallest absolute Gasteiger partial charge is 0.376 e. The zero-order valence-corrected chi connectivity index (χ0v) is 5.65. The number of hydrogen-bond donors (Lipinski definition) is 1. The zero-order valence-electron chi connectivity index (χ0n) is 4.50. The van der Waals surface area contributed by atoms with E-state index in [0.29, 0.717) is 0 Å². The zero-order chi connectivity index (χ0) is 6.69. The summed E-state index contributed by atoms with van der Waals surface area (Å²) in [5.41, 5.74) is 0. The molecule has 4 nitrogen and oxygen atoms in total. The number of H-pyrrole nitrogens is 1. The standard InChI is InChI=1S/C4H5N2O2P/c7-4(8-9)3-5-1-2-6-3/h1-2H,9H2,(H,5,6). The van der Waals surface area contributed by atoms with Crippen LogP contribution in [0.1, 0.15) is 10.6 Å². The first-order valence-electron chi connectivity index (χ1n) is 2.25. The topological polar surface area (TPSA) is 55.0 Å². The molecular weight excluding hydrogens is 139 g/mol. The van der Waals surface area contributed by atoms with Crippen molar-refractivity contribution in [3.8, 4) is 0 Å². The molecule has 9 heavy (non-hydrogen) atoms. The number of rotatable bonds is 1. The molecule has 0 aliphatic heterocycles. The van der Waals surface area contributed by atoms with Gasteiger partial charge in [0.25, 0.3) is 0 Å². The Morgan fingerprint density at radius 2 is 2.67 bits per heavy atom. The van der Waals surface area contributed by atoms with E-state index in [2.05, 4.69) is 14.5 Å². The monoisotopic (exact) mass is 144 g/mol. The van der Waals surface area contributed by atoms with Crippen LogP contribution in [0.5, 0.6) is 0 Å². The fourth-order valence-corrected chi connectivity index (χ4v) is 0.544. The van der Waals surface area contributed by atoms with Crippen molar-refractivity contribution in [2.45, 2.75) is 0 Å². The van der Waals surface area contributed by atoms with Gasteiger partial charge in [0.2, 0.25) is 5.82 Å². The summed E-state index contributed by atoms with van der Waals surface area (Å²) in [6.45, 7) is 0. The number of hydrogen-bond acceptors (Lipinski definition) is 3. The van der Waals surface area contributed by atoms with Gasteiger partial charge in [-0.1, -0.05) is 0 Å². The van der Waals surface area contributed by atoms with E-state index in [1.807, 2.05) is 9.47 Å². The van der Waals surface area contributed by atoms with Gasteiger partial charge in [-0.15, -0.1) is 0 Å². The maximum absolute atomic E-state index is 10.5. The molecule has 0 spiro atoms. The van der Waals surface area contributed by atoms with Crippen molar-refractivity contribution in [1.82, 2.24) is 9.97 Å². The molecule has 0 amide bonds. The van der Waals surface area contributed by atoms with Gasteiger partial charge in [0.15, 0.2) is 0 Å². The Hall–Kier alpha value is -0.890. The van der Waals surface area contributed by atoms with E-state index in [4.69, 9.17) is 0 Å². The summed E-state index contributed by atoms with van der Waals surface area (Å²) in [5.74, 6) is -0.269. The summed E-state index contributed by atoms with van der Waals surface area (Å²) in [6.07, 6.45) is 3.04. The Balaban J connectivity index is 2.77. The summed E-state index contributed by atoms with van der Waals surface area (Å²) in [6, 6.07) is 0. The van der Waals surface area contributed by atoms with Crippen LogP contribution in [0.2, 0.25) is 0 Å². The van der Waals surface area contributed by atoms with E-state index in [1.165, 1.54) is 6.20 Å². The van der Waals surface area contributed by atoms with Crippen LogP contribution in [0.3, 0.4) is 0 Å². The van der Waals surface area contributed by atoms with E-state index >= 15 is 0 Å². The molecule has 1 rings (SSSR count). The van der Waals surface area contributed by atoms with Crippen LogP contribution < -0.4 is 0 Å². The van der Waals surface area contributed by atoms with Gasteiger partial charge < -0.3 is 9.51 Å². The van der Waals surface area contributed by atoms with Crippen LogP contribution in [0.15, 0.2) is 12.4 Å². The Morgan fingerprint density at radius 1 is 1.89 bits per heavy atom. The molecule has 1 aromatic heterocycles. The highest BCUT2D eigenvalue weighted by Gasteiger charge is 2.04. The Morgan fingerprint density at radius 3 is 3.11 bits per heavy atom. The average molecular weight is 144 g/mol. The molecule has 1 heterocycles. The lowest BCUT2D eigenvalue weighted by Crippen LogP contribution is -1.99. The van der Waals surface area contributed by atoms with Crippen LogP contribution in [0.4, 0.5) is 0 Å². The van der Waals surface area contributed by atoms with Gasteiger partial charge >= 0.3 is 5.97 Å². The van der Waals surface area contributed by atoms with Crippen molar-refractivity contribution in [1.29, 1.82) is 0 Å². The van der Waals surface area contributed by atoms with E-state index in [1.54, 1.807) is 6.20 Å². The van der Waals surface area contributed by atoms with Crippen LogP contribution >= 0.6 is 9.47 Å². The molecule has 0 aliphatic carbocycles. The minimum absolute atomic E-state index is 0.213. The maximum atomic E-state index is 10.5. The number of carbonyl (C=O) groups is 1. The molecule has 1 aromatic rings. The minimum atomic E-state index is -0.481. The van der Waals surface area contributed by atoms with Gasteiger partial charge in [-0.2, -0.15) is 0 Å². The van der Waals surface area contributed by atoms with Crippen molar-refractivity contribution in [2.75, 3.05) is 0 Å². The molecule has 0 saturated heterocycles. The second-order valence-electron chi connectivity index (χ2n) is 1.34. The third kappa shape index (κ3) is 1.27.